The summed E-state index contributed by atoms with van der Waals surface area (Å²) in [5.74, 6) is 1.12. The third-order valence-electron chi connectivity index (χ3n) is 5.21. The monoisotopic (exact) mass is 439 g/mol. The summed E-state index contributed by atoms with van der Waals surface area (Å²) in [5.41, 5.74) is 1.90. The van der Waals surface area contributed by atoms with E-state index in [0.29, 0.717) is 18.9 Å². The highest BCUT2D eigenvalue weighted by molar-refractivity contribution is 7.87. The van der Waals surface area contributed by atoms with Gasteiger partial charge in [0.2, 0.25) is 0 Å². The number of rotatable bonds is 7. The topological polar surface area (TPSA) is 65.1 Å². The Bertz CT molecular complexity index is 1100. The highest BCUT2D eigenvalue weighted by Crippen LogP contribution is 2.32. The molecule has 1 aliphatic rings. The summed E-state index contributed by atoms with van der Waals surface area (Å²) in [6, 6.07) is 23.3. The molecule has 0 bridgehead atoms. The van der Waals surface area contributed by atoms with Crippen LogP contribution in [-0.2, 0) is 21.4 Å². The van der Waals surface area contributed by atoms with E-state index in [1.165, 1.54) is 17.7 Å². The summed E-state index contributed by atoms with van der Waals surface area (Å²) in [6.07, 6.45) is -0.283. The first kappa shape index (κ1) is 21.4. The fourth-order valence-corrected chi connectivity index (χ4v) is 4.57. The van der Waals surface area contributed by atoms with Crippen molar-refractivity contribution in [2.75, 3.05) is 26.8 Å². The molecule has 0 amide bonds. The lowest BCUT2D eigenvalue weighted by molar-refractivity contribution is -0.0335. The molecule has 0 aromatic heterocycles. The molecule has 0 unspecified atom stereocenters. The van der Waals surface area contributed by atoms with Crippen molar-refractivity contribution in [2.24, 2.45) is 0 Å². The standard InChI is InChI=1S/C24H25NO5S/c1-28-20-13-11-19(12-14-20)17-25-15-16-29-24(18-25)22-9-5-6-10-23(22)30-31(26,27)21-7-3-2-4-8-21/h2-14,24H,15-18H2,1H3/t24-/m0/s1. The number of ether oxygens (including phenoxy) is 2. The fraction of sp³-hybridized carbons (Fsp3) is 0.250. The molecule has 1 atom stereocenters. The predicted octanol–water partition coefficient (Wildman–Crippen LogP) is 4.04. The second-order valence-corrected chi connectivity index (χ2v) is 8.88. The van der Waals surface area contributed by atoms with Crippen molar-refractivity contribution in [1.29, 1.82) is 0 Å². The Morgan fingerprint density at radius 3 is 2.42 bits per heavy atom. The lowest BCUT2D eigenvalue weighted by Crippen LogP contribution is -2.38. The van der Waals surface area contributed by atoms with E-state index in [1.807, 2.05) is 36.4 Å². The Labute approximate surface area is 183 Å². The Kier molecular flexibility index (Phi) is 6.56. The van der Waals surface area contributed by atoms with Gasteiger partial charge in [-0.15, -0.1) is 0 Å². The van der Waals surface area contributed by atoms with Gasteiger partial charge in [0.1, 0.15) is 16.4 Å². The molecule has 162 valence electrons. The molecule has 0 aliphatic carbocycles. The smallest absolute Gasteiger partial charge is 0.339 e. The van der Waals surface area contributed by atoms with Crippen LogP contribution >= 0.6 is 0 Å². The molecule has 0 N–H and O–H groups in total. The number of hydrogen-bond donors (Lipinski definition) is 0. The second kappa shape index (κ2) is 9.51. The van der Waals surface area contributed by atoms with Crippen molar-refractivity contribution >= 4 is 10.1 Å². The van der Waals surface area contributed by atoms with Crippen LogP contribution in [0.25, 0.3) is 0 Å². The summed E-state index contributed by atoms with van der Waals surface area (Å²) in [6.45, 7) is 2.77. The molecule has 1 saturated heterocycles. The average Bonchev–Trinajstić information content (AvgIpc) is 2.80. The van der Waals surface area contributed by atoms with Crippen molar-refractivity contribution in [2.45, 2.75) is 17.5 Å². The van der Waals surface area contributed by atoms with E-state index in [0.717, 1.165) is 24.4 Å². The van der Waals surface area contributed by atoms with Crippen LogP contribution in [0.15, 0.2) is 83.8 Å². The van der Waals surface area contributed by atoms with Crippen LogP contribution in [0, 0.1) is 0 Å². The predicted molar refractivity (Wildman–Crippen MR) is 118 cm³/mol. The molecular formula is C24H25NO5S. The number of para-hydroxylation sites is 1. The van der Waals surface area contributed by atoms with Crippen LogP contribution in [0.3, 0.4) is 0 Å². The zero-order chi connectivity index (χ0) is 21.7. The first-order valence-electron chi connectivity index (χ1n) is 10.1. The zero-order valence-electron chi connectivity index (χ0n) is 17.3. The van der Waals surface area contributed by atoms with Gasteiger partial charge in [-0.1, -0.05) is 48.5 Å². The summed E-state index contributed by atoms with van der Waals surface area (Å²) < 4.78 is 42.1. The van der Waals surface area contributed by atoms with Crippen molar-refractivity contribution in [3.8, 4) is 11.5 Å². The first-order chi connectivity index (χ1) is 15.0. The van der Waals surface area contributed by atoms with Gasteiger partial charge >= 0.3 is 10.1 Å². The maximum absolute atomic E-state index is 12.7. The van der Waals surface area contributed by atoms with Crippen molar-refractivity contribution < 1.29 is 22.1 Å². The normalized spacial score (nSPS) is 17.3. The maximum atomic E-state index is 12.7. The highest BCUT2D eigenvalue weighted by atomic mass is 32.2. The Balaban J connectivity index is 1.50. The molecule has 4 rings (SSSR count). The van der Waals surface area contributed by atoms with Gasteiger partial charge in [-0.2, -0.15) is 8.42 Å². The number of benzene rings is 3. The lowest BCUT2D eigenvalue weighted by Gasteiger charge is -2.33. The van der Waals surface area contributed by atoms with Gasteiger partial charge < -0.3 is 13.7 Å². The quantitative estimate of drug-likeness (QED) is 0.518. The van der Waals surface area contributed by atoms with Crippen LogP contribution in [0.4, 0.5) is 0 Å². The Morgan fingerprint density at radius 1 is 0.968 bits per heavy atom. The minimum absolute atomic E-state index is 0.121. The van der Waals surface area contributed by atoms with E-state index in [9.17, 15) is 8.42 Å². The van der Waals surface area contributed by atoms with E-state index in [-0.39, 0.29) is 11.0 Å². The molecule has 1 aliphatic heterocycles. The molecule has 31 heavy (non-hydrogen) atoms. The second-order valence-electron chi connectivity index (χ2n) is 7.33. The molecule has 7 heteroatoms. The van der Waals surface area contributed by atoms with Gasteiger partial charge in [-0.3, -0.25) is 4.90 Å². The SMILES string of the molecule is COc1ccc(CN2CCO[C@H](c3ccccc3OS(=O)(=O)c3ccccc3)C2)cc1. The summed E-state index contributed by atoms with van der Waals surface area (Å²) >= 11 is 0. The Morgan fingerprint density at radius 2 is 1.68 bits per heavy atom. The third-order valence-corrected chi connectivity index (χ3v) is 6.46. The average molecular weight is 440 g/mol. The van der Waals surface area contributed by atoms with Crippen LogP contribution in [0.5, 0.6) is 11.5 Å². The van der Waals surface area contributed by atoms with Gasteiger partial charge in [-0.25, -0.2) is 0 Å². The van der Waals surface area contributed by atoms with Crippen LogP contribution in [0.1, 0.15) is 17.2 Å². The van der Waals surface area contributed by atoms with Crippen LogP contribution in [0.2, 0.25) is 0 Å². The Hall–Kier alpha value is -2.87. The van der Waals surface area contributed by atoms with E-state index in [2.05, 4.69) is 4.90 Å². The van der Waals surface area contributed by atoms with E-state index >= 15 is 0 Å². The largest absolute Gasteiger partial charge is 0.497 e. The lowest BCUT2D eigenvalue weighted by atomic mass is 10.1. The summed E-state index contributed by atoms with van der Waals surface area (Å²) in [5, 5.41) is 0. The van der Waals surface area contributed by atoms with Crippen LogP contribution in [-0.4, -0.2) is 40.1 Å². The minimum Gasteiger partial charge on any atom is -0.497 e. The fourth-order valence-electron chi connectivity index (χ4n) is 3.60. The molecule has 3 aromatic rings. The molecule has 0 radical (unpaired) electrons. The van der Waals surface area contributed by atoms with Gasteiger partial charge in [0.05, 0.1) is 19.8 Å². The molecule has 0 spiro atoms. The van der Waals surface area contributed by atoms with E-state index < -0.39 is 10.1 Å². The first-order valence-corrected chi connectivity index (χ1v) is 11.5. The molecule has 1 heterocycles. The highest BCUT2D eigenvalue weighted by Gasteiger charge is 2.27. The molecular weight excluding hydrogens is 414 g/mol. The minimum atomic E-state index is -3.92. The maximum Gasteiger partial charge on any atom is 0.339 e. The number of nitrogens with zero attached hydrogens (tertiary/aromatic N) is 1. The van der Waals surface area contributed by atoms with Crippen molar-refractivity contribution in [1.82, 2.24) is 4.90 Å². The summed E-state index contributed by atoms with van der Waals surface area (Å²) in [7, 11) is -2.27. The third kappa shape index (κ3) is 5.25. The summed E-state index contributed by atoms with van der Waals surface area (Å²) in [4.78, 5) is 2.41. The number of hydrogen-bond acceptors (Lipinski definition) is 6. The molecule has 1 fully saturated rings. The van der Waals surface area contributed by atoms with Gasteiger partial charge in [0.25, 0.3) is 0 Å². The zero-order valence-corrected chi connectivity index (χ0v) is 18.1. The molecule has 3 aromatic carbocycles. The van der Waals surface area contributed by atoms with Crippen molar-refractivity contribution in [3.63, 3.8) is 0 Å². The van der Waals surface area contributed by atoms with E-state index in [4.69, 9.17) is 13.7 Å². The molecule has 6 nitrogen and oxygen atoms in total. The van der Waals surface area contributed by atoms with Gasteiger partial charge in [-0.05, 0) is 35.9 Å². The van der Waals surface area contributed by atoms with Gasteiger partial charge in [0.15, 0.2) is 0 Å². The molecule has 0 saturated carbocycles. The van der Waals surface area contributed by atoms with Gasteiger partial charge in [0, 0.05) is 25.2 Å². The number of morpholine rings is 1. The van der Waals surface area contributed by atoms with Crippen molar-refractivity contribution in [3.05, 3.63) is 90.0 Å². The van der Waals surface area contributed by atoms with E-state index in [1.54, 1.807) is 37.4 Å². The number of methoxy groups -OCH3 is 1. The van der Waals surface area contributed by atoms with Crippen LogP contribution < -0.4 is 8.92 Å².